The van der Waals surface area contributed by atoms with Gasteiger partial charge in [-0.25, -0.2) is 4.98 Å². The first-order chi connectivity index (χ1) is 11.1. The average molecular weight is 340 g/mol. The monoisotopic (exact) mass is 339 g/mol. The van der Waals surface area contributed by atoms with Gasteiger partial charge in [0, 0.05) is 45.2 Å². The number of carbonyl (C=O) groups is 1. The van der Waals surface area contributed by atoms with Gasteiger partial charge in [0.05, 0.1) is 18.8 Å². The topological polar surface area (TPSA) is 54.9 Å². The smallest absolute Gasteiger partial charge is 0.255 e. The van der Waals surface area contributed by atoms with Crippen molar-refractivity contribution in [2.75, 3.05) is 46.4 Å². The second kappa shape index (κ2) is 7.47. The summed E-state index contributed by atoms with van der Waals surface area (Å²) in [5.41, 5.74) is 0.513. The minimum Gasteiger partial charge on any atom is -0.473 e. The van der Waals surface area contributed by atoms with Crippen molar-refractivity contribution in [3.63, 3.8) is 0 Å². The summed E-state index contributed by atoms with van der Waals surface area (Å²) in [6.07, 6.45) is 3.30. The van der Waals surface area contributed by atoms with Crippen LogP contribution < -0.4 is 4.74 Å². The van der Waals surface area contributed by atoms with Gasteiger partial charge in [-0.15, -0.1) is 0 Å². The molecule has 0 aliphatic carbocycles. The van der Waals surface area contributed by atoms with Crippen LogP contribution in [0.25, 0.3) is 0 Å². The fourth-order valence-electron chi connectivity index (χ4n) is 2.77. The Hall–Kier alpha value is -1.37. The minimum absolute atomic E-state index is 0.0230. The molecular weight excluding hydrogens is 318 g/mol. The van der Waals surface area contributed by atoms with E-state index in [0.29, 0.717) is 29.7 Å². The fourth-order valence-corrected chi connectivity index (χ4v) is 2.98. The van der Waals surface area contributed by atoms with E-state index in [1.54, 1.807) is 12.3 Å². The summed E-state index contributed by atoms with van der Waals surface area (Å²) in [7, 11) is 2.06. The van der Waals surface area contributed by atoms with Crippen LogP contribution in [0.3, 0.4) is 0 Å². The molecule has 2 saturated heterocycles. The first-order valence-corrected chi connectivity index (χ1v) is 8.39. The first-order valence-electron chi connectivity index (χ1n) is 8.01. The number of halogens is 1. The molecule has 1 aromatic rings. The van der Waals surface area contributed by atoms with Crippen molar-refractivity contribution in [3.8, 4) is 5.88 Å². The van der Waals surface area contributed by atoms with Crippen molar-refractivity contribution >= 4 is 17.5 Å². The number of nitrogens with zero attached hydrogens (tertiary/aromatic N) is 3. The standard InChI is InChI=1S/C16H22ClN3O3/c1-19-4-6-20(7-5-19)16(21)12-10-14(17)15(18-11-12)23-13-2-8-22-9-3-13/h10-11,13H,2-9H2,1H3. The molecule has 0 atom stereocenters. The number of aromatic nitrogens is 1. The van der Waals surface area contributed by atoms with E-state index in [1.807, 2.05) is 4.90 Å². The summed E-state index contributed by atoms with van der Waals surface area (Å²) in [5, 5.41) is 0.386. The number of ether oxygens (including phenoxy) is 2. The third-order valence-corrected chi connectivity index (χ3v) is 4.56. The van der Waals surface area contributed by atoms with E-state index in [2.05, 4.69) is 16.9 Å². The molecule has 0 aromatic carbocycles. The maximum atomic E-state index is 12.5. The molecule has 6 nitrogen and oxygen atoms in total. The minimum atomic E-state index is -0.0230. The summed E-state index contributed by atoms with van der Waals surface area (Å²) in [4.78, 5) is 20.8. The zero-order valence-electron chi connectivity index (χ0n) is 13.3. The Labute approximate surface area is 141 Å². The molecule has 3 heterocycles. The molecule has 0 bridgehead atoms. The number of hydrogen-bond acceptors (Lipinski definition) is 5. The molecule has 1 aromatic heterocycles. The normalized spacial score (nSPS) is 20.5. The molecule has 23 heavy (non-hydrogen) atoms. The molecule has 0 saturated carbocycles. The first kappa shape index (κ1) is 16.5. The highest BCUT2D eigenvalue weighted by Crippen LogP contribution is 2.26. The van der Waals surface area contributed by atoms with Gasteiger partial charge >= 0.3 is 0 Å². The number of pyridine rings is 1. The zero-order chi connectivity index (χ0) is 16.2. The number of amides is 1. The molecule has 0 unspecified atom stereocenters. The van der Waals surface area contributed by atoms with Crippen molar-refractivity contribution in [2.45, 2.75) is 18.9 Å². The molecule has 3 rings (SSSR count). The second-order valence-electron chi connectivity index (χ2n) is 6.04. The number of likely N-dealkylation sites (N-methyl/N-ethyl adjacent to an activating group) is 1. The molecule has 0 radical (unpaired) electrons. The quantitative estimate of drug-likeness (QED) is 0.838. The van der Waals surface area contributed by atoms with Crippen LogP contribution in [0.4, 0.5) is 0 Å². The summed E-state index contributed by atoms with van der Waals surface area (Å²) < 4.78 is 11.1. The number of hydrogen-bond donors (Lipinski definition) is 0. The predicted molar refractivity (Wildman–Crippen MR) is 87.1 cm³/mol. The van der Waals surface area contributed by atoms with Gasteiger partial charge in [-0.3, -0.25) is 4.79 Å². The van der Waals surface area contributed by atoms with E-state index >= 15 is 0 Å². The zero-order valence-corrected chi connectivity index (χ0v) is 14.1. The van der Waals surface area contributed by atoms with Crippen LogP contribution in [-0.2, 0) is 4.74 Å². The third-order valence-electron chi connectivity index (χ3n) is 4.29. The van der Waals surface area contributed by atoms with Gasteiger partial charge in [0.25, 0.3) is 5.91 Å². The maximum absolute atomic E-state index is 12.5. The maximum Gasteiger partial charge on any atom is 0.255 e. The number of carbonyl (C=O) groups excluding carboxylic acids is 1. The molecular formula is C16H22ClN3O3. The van der Waals surface area contributed by atoms with Gasteiger partial charge in [0.2, 0.25) is 5.88 Å². The molecule has 2 fully saturated rings. The number of rotatable bonds is 3. The summed E-state index contributed by atoms with van der Waals surface area (Å²) >= 11 is 6.26. The molecule has 2 aliphatic rings. The molecule has 0 N–H and O–H groups in total. The van der Waals surface area contributed by atoms with Gasteiger partial charge in [-0.05, 0) is 13.1 Å². The molecule has 2 aliphatic heterocycles. The summed E-state index contributed by atoms with van der Waals surface area (Å²) in [5.74, 6) is 0.374. The lowest BCUT2D eigenvalue weighted by Crippen LogP contribution is -2.47. The Balaban J connectivity index is 1.65. The Bertz CT molecular complexity index is 556. The van der Waals surface area contributed by atoms with Gasteiger partial charge in [0.15, 0.2) is 0 Å². The average Bonchev–Trinajstić information content (AvgIpc) is 2.58. The van der Waals surface area contributed by atoms with Crippen molar-refractivity contribution in [2.24, 2.45) is 0 Å². The molecule has 0 spiro atoms. The van der Waals surface area contributed by atoms with Crippen molar-refractivity contribution in [1.82, 2.24) is 14.8 Å². The molecule has 126 valence electrons. The van der Waals surface area contributed by atoms with Crippen molar-refractivity contribution < 1.29 is 14.3 Å². The summed E-state index contributed by atoms with van der Waals surface area (Å²) in [6, 6.07) is 1.66. The van der Waals surface area contributed by atoms with Crippen LogP contribution in [0.1, 0.15) is 23.2 Å². The fraction of sp³-hybridized carbons (Fsp3) is 0.625. The number of piperazine rings is 1. The van der Waals surface area contributed by atoms with Gasteiger partial charge in [-0.2, -0.15) is 0 Å². The largest absolute Gasteiger partial charge is 0.473 e. The Morgan fingerprint density at radius 1 is 1.30 bits per heavy atom. The van der Waals surface area contributed by atoms with E-state index < -0.39 is 0 Å². The van der Waals surface area contributed by atoms with Crippen LogP contribution in [0, 0.1) is 0 Å². The molecule has 1 amide bonds. The van der Waals surface area contributed by atoms with Gasteiger partial charge < -0.3 is 19.3 Å². The predicted octanol–water partition coefficient (Wildman–Crippen LogP) is 1.68. The Morgan fingerprint density at radius 3 is 2.65 bits per heavy atom. The van der Waals surface area contributed by atoms with Gasteiger partial charge in [-0.1, -0.05) is 11.6 Å². The summed E-state index contributed by atoms with van der Waals surface area (Å²) in [6.45, 7) is 4.63. The van der Waals surface area contributed by atoms with Crippen molar-refractivity contribution in [1.29, 1.82) is 0 Å². The van der Waals surface area contributed by atoms with E-state index in [-0.39, 0.29) is 12.0 Å². The van der Waals surface area contributed by atoms with Gasteiger partial charge in [0.1, 0.15) is 11.1 Å². The van der Waals surface area contributed by atoms with E-state index in [1.165, 1.54) is 0 Å². The third kappa shape index (κ3) is 4.13. The van der Waals surface area contributed by atoms with E-state index in [9.17, 15) is 4.79 Å². The second-order valence-corrected chi connectivity index (χ2v) is 6.44. The lowest BCUT2D eigenvalue weighted by Gasteiger charge is -2.32. The Morgan fingerprint density at radius 2 is 2.00 bits per heavy atom. The highest BCUT2D eigenvalue weighted by atomic mass is 35.5. The van der Waals surface area contributed by atoms with E-state index in [4.69, 9.17) is 21.1 Å². The Kier molecular flexibility index (Phi) is 5.35. The van der Waals surface area contributed by atoms with Crippen LogP contribution in [0.2, 0.25) is 5.02 Å². The van der Waals surface area contributed by atoms with Crippen LogP contribution >= 0.6 is 11.6 Å². The lowest BCUT2D eigenvalue weighted by atomic mass is 10.1. The van der Waals surface area contributed by atoms with Crippen LogP contribution in [-0.4, -0.2) is 73.2 Å². The highest BCUT2D eigenvalue weighted by Gasteiger charge is 2.22. The van der Waals surface area contributed by atoms with Crippen LogP contribution in [0.5, 0.6) is 5.88 Å². The van der Waals surface area contributed by atoms with E-state index in [0.717, 1.165) is 39.0 Å². The highest BCUT2D eigenvalue weighted by molar-refractivity contribution is 6.32. The SMILES string of the molecule is CN1CCN(C(=O)c2cnc(OC3CCOCC3)c(Cl)c2)CC1. The van der Waals surface area contributed by atoms with Crippen molar-refractivity contribution in [3.05, 3.63) is 22.8 Å². The molecule has 7 heteroatoms. The lowest BCUT2D eigenvalue weighted by molar-refractivity contribution is 0.0238. The van der Waals surface area contributed by atoms with Crippen LogP contribution in [0.15, 0.2) is 12.3 Å².